The average molecular weight is 305 g/mol. The van der Waals surface area contributed by atoms with Gasteiger partial charge >= 0.3 is 6.18 Å². The van der Waals surface area contributed by atoms with Crippen LogP contribution in [0.4, 0.5) is 17.6 Å². The molecular weight excluding hydrogens is 296 g/mol. The predicted octanol–water partition coefficient (Wildman–Crippen LogP) is 4.58. The highest BCUT2D eigenvalue weighted by molar-refractivity contribution is 6.31. The van der Waals surface area contributed by atoms with Crippen LogP contribution in [0.25, 0.3) is 0 Å². The summed E-state index contributed by atoms with van der Waals surface area (Å²) in [5, 5.41) is 9.94. The first-order chi connectivity index (χ1) is 9.32. The fourth-order valence-electron chi connectivity index (χ4n) is 1.92. The maximum atomic E-state index is 13.7. The van der Waals surface area contributed by atoms with Gasteiger partial charge in [-0.25, -0.2) is 4.39 Å². The van der Waals surface area contributed by atoms with Gasteiger partial charge in [0.2, 0.25) is 0 Å². The standard InChI is InChI=1S/C14H9ClF4O/c15-10-6-3-7-11(16)12(10)13(20)8-4-1-2-5-9(8)14(17,18)19/h1-7,13,20H. The zero-order chi connectivity index (χ0) is 14.9. The molecule has 0 amide bonds. The van der Waals surface area contributed by atoms with Crippen LogP contribution >= 0.6 is 11.6 Å². The molecule has 2 aromatic carbocycles. The van der Waals surface area contributed by atoms with E-state index in [1.54, 1.807) is 0 Å². The molecule has 0 fully saturated rings. The van der Waals surface area contributed by atoms with Gasteiger partial charge < -0.3 is 5.11 Å². The molecule has 20 heavy (non-hydrogen) atoms. The van der Waals surface area contributed by atoms with Crippen LogP contribution < -0.4 is 0 Å². The first kappa shape index (κ1) is 14.8. The molecule has 0 aromatic heterocycles. The Bertz CT molecular complexity index is 605. The molecule has 0 radical (unpaired) electrons. The van der Waals surface area contributed by atoms with Crippen LogP contribution in [0.15, 0.2) is 42.5 Å². The van der Waals surface area contributed by atoms with Gasteiger partial charge in [-0.3, -0.25) is 0 Å². The molecule has 0 aliphatic rings. The fourth-order valence-corrected chi connectivity index (χ4v) is 2.19. The van der Waals surface area contributed by atoms with Gasteiger partial charge in [0.15, 0.2) is 0 Å². The number of benzene rings is 2. The summed E-state index contributed by atoms with van der Waals surface area (Å²) in [5.41, 5.74) is -1.83. The number of aliphatic hydroxyl groups is 1. The number of hydrogen-bond acceptors (Lipinski definition) is 1. The lowest BCUT2D eigenvalue weighted by Gasteiger charge is -2.19. The van der Waals surface area contributed by atoms with E-state index in [0.717, 1.165) is 18.2 Å². The second kappa shape index (κ2) is 5.42. The fraction of sp³-hybridized carbons (Fsp3) is 0.143. The molecule has 2 rings (SSSR count). The van der Waals surface area contributed by atoms with Gasteiger partial charge in [-0.05, 0) is 23.8 Å². The van der Waals surface area contributed by atoms with Crippen molar-refractivity contribution in [2.45, 2.75) is 12.3 Å². The zero-order valence-corrected chi connectivity index (χ0v) is 10.7. The van der Waals surface area contributed by atoms with Crippen molar-refractivity contribution in [1.82, 2.24) is 0 Å². The lowest BCUT2D eigenvalue weighted by molar-refractivity contribution is -0.139. The lowest BCUT2D eigenvalue weighted by atomic mass is 9.96. The van der Waals surface area contributed by atoms with E-state index < -0.39 is 29.2 Å². The van der Waals surface area contributed by atoms with Crippen LogP contribution in [-0.4, -0.2) is 5.11 Å². The van der Waals surface area contributed by atoms with Gasteiger partial charge in [0.1, 0.15) is 11.9 Å². The molecule has 2 aromatic rings. The summed E-state index contributed by atoms with van der Waals surface area (Å²) in [6, 6.07) is 8.09. The molecule has 1 nitrogen and oxygen atoms in total. The average Bonchev–Trinajstić information content (AvgIpc) is 2.37. The van der Waals surface area contributed by atoms with Gasteiger partial charge in [0, 0.05) is 10.6 Å². The molecule has 6 heteroatoms. The van der Waals surface area contributed by atoms with Crippen LogP contribution in [-0.2, 0) is 6.18 Å². The number of aliphatic hydroxyl groups excluding tert-OH is 1. The molecular formula is C14H9ClF4O. The highest BCUT2D eigenvalue weighted by Gasteiger charge is 2.35. The summed E-state index contributed by atoms with van der Waals surface area (Å²) < 4.78 is 52.4. The number of hydrogen-bond donors (Lipinski definition) is 1. The third-order valence-corrected chi connectivity index (χ3v) is 3.16. The highest BCUT2D eigenvalue weighted by Crippen LogP contribution is 2.38. The molecule has 1 N–H and O–H groups in total. The topological polar surface area (TPSA) is 20.2 Å². The Morgan fingerprint density at radius 3 is 2.25 bits per heavy atom. The van der Waals surface area contributed by atoms with Crippen LogP contribution in [0.3, 0.4) is 0 Å². The number of alkyl halides is 3. The van der Waals surface area contributed by atoms with Crippen molar-refractivity contribution in [1.29, 1.82) is 0 Å². The van der Waals surface area contributed by atoms with Gasteiger partial charge in [-0.2, -0.15) is 13.2 Å². The van der Waals surface area contributed by atoms with Gasteiger partial charge in [0.05, 0.1) is 5.56 Å². The minimum Gasteiger partial charge on any atom is -0.383 e. The molecule has 1 atom stereocenters. The van der Waals surface area contributed by atoms with Crippen LogP contribution in [0.5, 0.6) is 0 Å². The Labute approximate surface area is 117 Å². The normalized spacial score (nSPS) is 13.3. The van der Waals surface area contributed by atoms with Crippen LogP contribution in [0.2, 0.25) is 5.02 Å². The van der Waals surface area contributed by atoms with Gasteiger partial charge in [-0.1, -0.05) is 35.9 Å². The van der Waals surface area contributed by atoms with E-state index in [1.807, 2.05) is 0 Å². The Kier molecular flexibility index (Phi) is 4.01. The molecule has 0 aliphatic heterocycles. The molecule has 1 unspecified atom stereocenters. The largest absolute Gasteiger partial charge is 0.416 e. The minimum atomic E-state index is -4.64. The molecule has 106 valence electrons. The Balaban J connectivity index is 2.58. The van der Waals surface area contributed by atoms with Crippen molar-refractivity contribution in [2.75, 3.05) is 0 Å². The van der Waals surface area contributed by atoms with Crippen molar-refractivity contribution in [3.63, 3.8) is 0 Å². The molecule has 0 spiro atoms. The Morgan fingerprint density at radius 2 is 1.65 bits per heavy atom. The maximum Gasteiger partial charge on any atom is 0.416 e. The van der Waals surface area contributed by atoms with E-state index >= 15 is 0 Å². The SMILES string of the molecule is OC(c1ccccc1C(F)(F)F)c1c(F)cccc1Cl. The van der Waals surface area contributed by atoms with E-state index in [2.05, 4.69) is 0 Å². The zero-order valence-electron chi connectivity index (χ0n) is 9.96. The Morgan fingerprint density at radius 1 is 1.00 bits per heavy atom. The summed E-state index contributed by atoms with van der Waals surface area (Å²) in [5.74, 6) is -0.859. The predicted molar refractivity (Wildman–Crippen MR) is 66.9 cm³/mol. The molecule has 0 saturated heterocycles. The minimum absolute atomic E-state index is 0.130. The van der Waals surface area contributed by atoms with E-state index in [9.17, 15) is 22.7 Å². The van der Waals surface area contributed by atoms with Crippen molar-refractivity contribution >= 4 is 11.6 Å². The third-order valence-electron chi connectivity index (χ3n) is 2.83. The molecule has 0 saturated carbocycles. The monoisotopic (exact) mass is 304 g/mol. The maximum absolute atomic E-state index is 13.7. The van der Waals surface area contributed by atoms with Crippen molar-refractivity contribution in [2.24, 2.45) is 0 Å². The number of rotatable bonds is 2. The quantitative estimate of drug-likeness (QED) is 0.805. The highest BCUT2D eigenvalue weighted by atomic mass is 35.5. The number of halogens is 5. The van der Waals surface area contributed by atoms with Crippen LogP contribution in [0, 0.1) is 5.82 Å². The molecule has 0 aliphatic carbocycles. The summed E-state index contributed by atoms with van der Waals surface area (Å²) >= 11 is 5.76. The van der Waals surface area contributed by atoms with Crippen molar-refractivity contribution < 1.29 is 22.7 Å². The molecule has 0 heterocycles. The second-order valence-electron chi connectivity index (χ2n) is 4.12. The first-order valence-electron chi connectivity index (χ1n) is 5.60. The van der Waals surface area contributed by atoms with Crippen LogP contribution in [0.1, 0.15) is 22.8 Å². The molecule has 0 bridgehead atoms. The van der Waals surface area contributed by atoms with E-state index in [0.29, 0.717) is 0 Å². The van der Waals surface area contributed by atoms with Gasteiger partial charge in [0.25, 0.3) is 0 Å². The van der Waals surface area contributed by atoms with Crippen molar-refractivity contribution in [3.05, 3.63) is 70.0 Å². The van der Waals surface area contributed by atoms with E-state index in [1.165, 1.54) is 24.3 Å². The smallest absolute Gasteiger partial charge is 0.383 e. The first-order valence-corrected chi connectivity index (χ1v) is 5.98. The Hall–Kier alpha value is -1.59. The summed E-state index contributed by atoms with van der Waals surface area (Å²) in [6.45, 7) is 0. The van der Waals surface area contributed by atoms with Gasteiger partial charge in [-0.15, -0.1) is 0 Å². The summed E-state index contributed by atoms with van der Waals surface area (Å²) in [4.78, 5) is 0. The lowest BCUT2D eigenvalue weighted by Crippen LogP contribution is -2.13. The third kappa shape index (κ3) is 2.78. The second-order valence-corrected chi connectivity index (χ2v) is 4.53. The van der Waals surface area contributed by atoms with Crippen molar-refractivity contribution in [3.8, 4) is 0 Å². The summed E-state index contributed by atoms with van der Waals surface area (Å²) in [6.07, 6.45) is -6.43. The van der Waals surface area contributed by atoms with E-state index in [-0.39, 0.29) is 10.6 Å². The summed E-state index contributed by atoms with van der Waals surface area (Å²) in [7, 11) is 0. The van der Waals surface area contributed by atoms with E-state index in [4.69, 9.17) is 11.6 Å².